The number of methoxy groups -OCH3 is 1. The first kappa shape index (κ1) is 25.1. The molecular formula is C25H35N3O2. The number of carbonyl (C=O) groups excluding carboxylic acids is 1. The van der Waals surface area contributed by atoms with Crippen molar-refractivity contribution < 1.29 is 9.53 Å². The molecule has 3 rings (SSSR count). The van der Waals surface area contributed by atoms with Crippen LogP contribution in [0.2, 0.25) is 0 Å². The van der Waals surface area contributed by atoms with Crippen LogP contribution in [0.1, 0.15) is 53.8 Å². The van der Waals surface area contributed by atoms with Crippen LogP contribution in [-0.2, 0) is 11.3 Å². The number of ketones is 1. The average Bonchev–Trinajstić information content (AvgIpc) is 3.07. The van der Waals surface area contributed by atoms with E-state index in [1.54, 1.807) is 13.3 Å². The monoisotopic (exact) mass is 409 g/mol. The zero-order chi connectivity index (χ0) is 22.7. The number of aromatic nitrogens is 3. The van der Waals surface area contributed by atoms with Crippen LogP contribution in [0.5, 0.6) is 5.75 Å². The average molecular weight is 410 g/mol. The number of allylic oxidation sites excluding steroid dienone is 2. The van der Waals surface area contributed by atoms with Gasteiger partial charge in [-0.15, -0.1) is 0 Å². The highest BCUT2D eigenvalue weighted by Gasteiger charge is 2.14. The van der Waals surface area contributed by atoms with Crippen LogP contribution in [-0.4, -0.2) is 27.4 Å². The predicted molar refractivity (Wildman–Crippen MR) is 126 cm³/mol. The minimum atomic E-state index is 0.167. The second-order valence-corrected chi connectivity index (χ2v) is 7.36. The number of ether oxygens (including phenoxy) is 1. The van der Waals surface area contributed by atoms with Crippen molar-refractivity contribution in [2.75, 3.05) is 7.11 Å². The molecule has 30 heavy (non-hydrogen) atoms. The van der Waals surface area contributed by atoms with Gasteiger partial charge in [-0.2, -0.15) is 0 Å². The lowest BCUT2D eigenvalue weighted by Crippen LogP contribution is -1.96. The maximum absolute atomic E-state index is 9.44. The fourth-order valence-electron chi connectivity index (χ4n) is 2.72. The first-order chi connectivity index (χ1) is 14.2. The third-order valence-electron chi connectivity index (χ3n) is 4.18. The number of benzene rings is 1. The molecule has 0 saturated carbocycles. The molecule has 0 aliphatic carbocycles. The topological polar surface area (TPSA) is 57.0 Å². The van der Waals surface area contributed by atoms with Crippen molar-refractivity contribution >= 4 is 16.7 Å². The molecule has 5 nitrogen and oxygen atoms in total. The van der Waals surface area contributed by atoms with Gasteiger partial charge in [0.15, 0.2) is 0 Å². The number of aryl methyl sites for hydroxylation is 2. The zero-order valence-electron chi connectivity index (χ0n) is 19.6. The molecule has 5 heteroatoms. The molecule has 2 aromatic heterocycles. The fourth-order valence-corrected chi connectivity index (χ4v) is 2.72. The van der Waals surface area contributed by atoms with Crippen molar-refractivity contribution in [1.29, 1.82) is 0 Å². The molecule has 0 aliphatic rings. The first-order valence-electron chi connectivity index (χ1n) is 10.3. The Bertz CT molecular complexity index is 979. The number of fused-ring (bicyclic) bond motifs is 1. The van der Waals surface area contributed by atoms with E-state index < -0.39 is 0 Å². The normalized spacial score (nSPS) is 9.73. The first-order valence-corrected chi connectivity index (χ1v) is 10.3. The highest BCUT2D eigenvalue weighted by Crippen LogP contribution is 2.34. The van der Waals surface area contributed by atoms with Crippen LogP contribution < -0.4 is 4.74 Å². The molecular weight excluding hydrogens is 374 g/mol. The molecule has 0 radical (unpaired) electrons. The lowest BCUT2D eigenvalue weighted by atomic mass is 10.1. The molecule has 0 atom stereocenters. The summed E-state index contributed by atoms with van der Waals surface area (Å²) < 4.78 is 7.78. The van der Waals surface area contributed by atoms with E-state index in [0.717, 1.165) is 41.3 Å². The summed E-state index contributed by atoms with van der Waals surface area (Å²) in [6.45, 7) is 14.3. The Morgan fingerprint density at radius 1 is 1.17 bits per heavy atom. The van der Waals surface area contributed by atoms with E-state index in [9.17, 15) is 4.79 Å². The molecule has 2 heterocycles. The van der Waals surface area contributed by atoms with Crippen molar-refractivity contribution in [3.8, 4) is 17.0 Å². The molecule has 0 unspecified atom stereocenters. The number of Topliss-reactive ketones (excluding diaryl/α,β-unsaturated/α-hetero) is 1. The van der Waals surface area contributed by atoms with E-state index in [4.69, 9.17) is 4.74 Å². The third kappa shape index (κ3) is 7.47. The molecule has 162 valence electrons. The van der Waals surface area contributed by atoms with Crippen molar-refractivity contribution in [2.45, 2.75) is 61.4 Å². The number of nitrogens with zero attached hydrogens (tertiary/aromatic N) is 3. The van der Waals surface area contributed by atoms with Gasteiger partial charge in [0.2, 0.25) is 0 Å². The molecule has 3 aromatic rings. The van der Waals surface area contributed by atoms with Crippen LogP contribution >= 0.6 is 0 Å². The van der Waals surface area contributed by atoms with Gasteiger partial charge in [-0.1, -0.05) is 30.7 Å². The largest absolute Gasteiger partial charge is 0.495 e. The number of hydrogen-bond acceptors (Lipinski definition) is 4. The molecule has 1 aromatic carbocycles. The van der Waals surface area contributed by atoms with Crippen LogP contribution in [0.15, 0.2) is 48.3 Å². The second-order valence-electron chi connectivity index (χ2n) is 7.36. The van der Waals surface area contributed by atoms with Crippen molar-refractivity contribution in [2.24, 2.45) is 0 Å². The summed E-state index contributed by atoms with van der Waals surface area (Å²) in [6.07, 6.45) is 7.13. The quantitative estimate of drug-likeness (QED) is 0.468. The van der Waals surface area contributed by atoms with Gasteiger partial charge in [-0.3, -0.25) is 0 Å². The lowest BCUT2D eigenvalue weighted by molar-refractivity contribution is -0.114. The number of rotatable bonds is 4. The summed E-state index contributed by atoms with van der Waals surface area (Å²) in [4.78, 5) is 18.2. The highest BCUT2D eigenvalue weighted by atomic mass is 16.5. The van der Waals surface area contributed by atoms with Crippen molar-refractivity contribution in [3.05, 3.63) is 54.1 Å². The molecule has 0 saturated heterocycles. The summed E-state index contributed by atoms with van der Waals surface area (Å²) in [7, 11) is 1.71. The van der Waals surface area contributed by atoms with Crippen LogP contribution in [0.3, 0.4) is 0 Å². The number of hydrogen-bond donors (Lipinski definition) is 0. The summed E-state index contributed by atoms with van der Waals surface area (Å²) in [5.74, 6) is 1.85. The van der Waals surface area contributed by atoms with Gasteiger partial charge in [-0.05, 0) is 60.1 Å². The van der Waals surface area contributed by atoms with E-state index >= 15 is 0 Å². The van der Waals surface area contributed by atoms with Gasteiger partial charge < -0.3 is 14.1 Å². The van der Waals surface area contributed by atoms with Gasteiger partial charge in [0.25, 0.3) is 0 Å². The Hall–Kier alpha value is -2.95. The summed E-state index contributed by atoms with van der Waals surface area (Å²) >= 11 is 0. The smallest absolute Gasteiger partial charge is 0.143 e. The van der Waals surface area contributed by atoms with Gasteiger partial charge in [0.05, 0.1) is 18.3 Å². The summed E-state index contributed by atoms with van der Waals surface area (Å²) in [5.41, 5.74) is 4.59. The van der Waals surface area contributed by atoms with Crippen LogP contribution in [0.25, 0.3) is 22.2 Å². The fraction of sp³-hybridized carbons (Fsp3) is 0.400. The van der Waals surface area contributed by atoms with Gasteiger partial charge in [-0.25, -0.2) is 9.97 Å². The molecule has 0 aliphatic heterocycles. The molecule has 0 amide bonds. The third-order valence-corrected chi connectivity index (χ3v) is 4.18. The Kier molecular flexibility index (Phi) is 10.5. The van der Waals surface area contributed by atoms with Crippen LogP contribution in [0, 0.1) is 6.92 Å². The summed E-state index contributed by atoms with van der Waals surface area (Å²) in [5, 5.41) is 1.17. The Morgan fingerprint density at radius 2 is 1.80 bits per heavy atom. The minimum absolute atomic E-state index is 0.167. The molecule has 0 spiro atoms. The maximum atomic E-state index is 9.44. The van der Waals surface area contributed by atoms with E-state index in [2.05, 4.69) is 53.6 Å². The van der Waals surface area contributed by atoms with Gasteiger partial charge >= 0.3 is 0 Å². The van der Waals surface area contributed by atoms with Crippen LogP contribution in [0.4, 0.5) is 0 Å². The van der Waals surface area contributed by atoms with Crippen molar-refractivity contribution in [1.82, 2.24) is 14.5 Å². The van der Waals surface area contributed by atoms with E-state index in [1.165, 1.54) is 24.8 Å². The van der Waals surface area contributed by atoms with E-state index in [-0.39, 0.29) is 5.78 Å². The molecule has 0 bridgehead atoms. The Morgan fingerprint density at radius 3 is 2.30 bits per heavy atom. The molecule has 0 N–H and O–H groups in total. The Labute approximate surface area is 180 Å². The van der Waals surface area contributed by atoms with Crippen molar-refractivity contribution in [3.63, 3.8) is 0 Å². The number of carbonyl (C=O) groups is 1. The lowest BCUT2D eigenvalue weighted by Gasteiger charge is -2.07. The minimum Gasteiger partial charge on any atom is -0.495 e. The highest BCUT2D eigenvalue weighted by molar-refractivity contribution is 5.98. The van der Waals surface area contributed by atoms with Gasteiger partial charge in [0.1, 0.15) is 17.4 Å². The van der Waals surface area contributed by atoms with E-state index in [0.29, 0.717) is 0 Å². The number of para-hydroxylation sites is 1. The van der Waals surface area contributed by atoms with E-state index in [1.807, 2.05) is 32.0 Å². The standard InChI is InChI=1S/C17H19N3O.C5H10.C3H6O/c1-4-10-20-11-14(15-8-9-18-12(2)19-15)13-6-5-7-16(21-3)17(13)20;1-4-5(2)3;1-3(2)4/h5-9,11H,4,10H2,1-3H3;4H,1-3H3;1-2H3. The summed E-state index contributed by atoms with van der Waals surface area (Å²) in [6, 6.07) is 8.10. The predicted octanol–water partition coefficient (Wildman–Crippen LogP) is 6.39. The Balaban J connectivity index is 0.000000425. The maximum Gasteiger partial charge on any atom is 0.143 e. The second kappa shape index (κ2) is 12.6. The zero-order valence-corrected chi connectivity index (χ0v) is 19.6. The SMILES string of the molecule is CC(C)=O.CC=C(C)C.CCCn1cc(-c2ccnc(C)n2)c2cccc(OC)c21. The van der Waals surface area contributed by atoms with Gasteiger partial charge in [0, 0.05) is 29.9 Å². The molecule has 0 fully saturated rings.